The monoisotopic (exact) mass is 420 g/mol. The number of aliphatic imine (C=N–C) groups is 1. The van der Waals surface area contributed by atoms with E-state index in [1.165, 1.54) is 18.4 Å². The maximum Gasteiger partial charge on any atom is 0.242 e. The number of hydrogen-bond acceptors (Lipinski definition) is 5. The van der Waals surface area contributed by atoms with Gasteiger partial charge in [-0.25, -0.2) is 12.7 Å². The Labute approximate surface area is 172 Å². The number of nitrogens with one attached hydrogen (secondary N) is 1. The van der Waals surface area contributed by atoms with E-state index >= 15 is 0 Å². The third kappa shape index (κ3) is 4.95. The van der Waals surface area contributed by atoms with Gasteiger partial charge in [0, 0.05) is 53.0 Å². The molecule has 10 heteroatoms. The van der Waals surface area contributed by atoms with Gasteiger partial charge in [0.15, 0.2) is 5.96 Å². The number of aryl methyl sites for hydroxylation is 1. The van der Waals surface area contributed by atoms with Gasteiger partial charge in [-0.05, 0) is 17.7 Å². The Morgan fingerprint density at radius 1 is 1.34 bits per heavy atom. The molecular weight excluding hydrogens is 392 g/mol. The largest absolute Gasteiger partial charge is 0.370 e. The summed E-state index contributed by atoms with van der Waals surface area (Å²) in [4.78, 5) is 6.83. The lowest BCUT2D eigenvalue weighted by molar-refractivity contribution is -0.00805. The van der Waals surface area contributed by atoms with Gasteiger partial charge in [0.05, 0.1) is 24.2 Å². The van der Waals surface area contributed by atoms with Crippen LogP contribution >= 0.6 is 0 Å². The highest BCUT2D eigenvalue weighted by atomic mass is 32.2. The fraction of sp³-hybridized carbons (Fsp3) is 0.474. The van der Waals surface area contributed by atoms with E-state index in [-0.39, 0.29) is 11.0 Å². The van der Waals surface area contributed by atoms with Crippen LogP contribution in [0.4, 0.5) is 0 Å². The summed E-state index contributed by atoms with van der Waals surface area (Å²) in [6, 6.07) is 6.88. The van der Waals surface area contributed by atoms with Crippen LogP contribution < -0.4 is 5.32 Å². The Hall–Kier alpha value is -2.43. The molecule has 1 aromatic heterocycles. The summed E-state index contributed by atoms with van der Waals surface area (Å²) in [5.41, 5.74) is 2.02. The van der Waals surface area contributed by atoms with Crippen molar-refractivity contribution in [3.63, 3.8) is 0 Å². The van der Waals surface area contributed by atoms with E-state index in [2.05, 4.69) is 20.3 Å². The predicted molar refractivity (Wildman–Crippen MR) is 111 cm³/mol. The second-order valence-electron chi connectivity index (χ2n) is 7.08. The summed E-state index contributed by atoms with van der Waals surface area (Å²) in [6.07, 6.45) is 3.74. The van der Waals surface area contributed by atoms with Gasteiger partial charge >= 0.3 is 0 Å². The molecule has 1 unspecified atom stereocenters. The zero-order valence-electron chi connectivity index (χ0n) is 17.2. The van der Waals surface area contributed by atoms with Gasteiger partial charge in [-0.1, -0.05) is 12.1 Å². The van der Waals surface area contributed by atoms with E-state index < -0.39 is 10.0 Å². The van der Waals surface area contributed by atoms with E-state index in [9.17, 15) is 8.42 Å². The lowest BCUT2D eigenvalue weighted by Gasteiger charge is -2.34. The zero-order chi connectivity index (χ0) is 21.0. The van der Waals surface area contributed by atoms with E-state index in [1.54, 1.807) is 23.9 Å². The maximum absolute atomic E-state index is 12.2. The Morgan fingerprint density at radius 2 is 2.07 bits per heavy atom. The van der Waals surface area contributed by atoms with E-state index in [0.717, 1.165) is 23.6 Å². The Bertz CT molecular complexity index is 953. The molecule has 1 aliphatic heterocycles. The molecular formula is C19H28N6O3S. The average molecular weight is 421 g/mol. The van der Waals surface area contributed by atoms with Crippen molar-refractivity contribution in [1.82, 2.24) is 24.3 Å². The average Bonchev–Trinajstić information content (AvgIpc) is 3.15. The number of ether oxygens (including phenoxy) is 1. The molecule has 0 saturated carbocycles. The molecule has 1 aromatic carbocycles. The number of rotatable bonds is 5. The molecule has 0 aliphatic carbocycles. The summed E-state index contributed by atoms with van der Waals surface area (Å²) in [6.45, 7) is 2.59. The summed E-state index contributed by atoms with van der Waals surface area (Å²) in [5, 5.41) is 7.57. The predicted octanol–water partition coefficient (Wildman–Crippen LogP) is 0.819. The van der Waals surface area contributed by atoms with Crippen LogP contribution in [0.5, 0.6) is 0 Å². The molecule has 158 valence electrons. The highest BCUT2D eigenvalue weighted by Gasteiger charge is 2.25. The minimum atomic E-state index is -3.42. The van der Waals surface area contributed by atoms with Crippen molar-refractivity contribution < 1.29 is 13.2 Å². The molecule has 2 aromatic rings. The number of nitrogens with zero attached hydrogens (tertiary/aromatic N) is 5. The summed E-state index contributed by atoms with van der Waals surface area (Å²) >= 11 is 0. The minimum absolute atomic E-state index is 0.0495. The molecule has 0 bridgehead atoms. The normalized spacial score (nSPS) is 18.3. The van der Waals surface area contributed by atoms with Crippen molar-refractivity contribution in [1.29, 1.82) is 0 Å². The fourth-order valence-corrected chi connectivity index (χ4v) is 4.05. The van der Waals surface area contributed by atoms with Crippen LogP contribution in [-0.4, -0.2) is 74.2 Å². The van der Waals surface area contributed by atoms with Crippen molar-refractivity contribution in [3.05, 3.63) is 47.8 Å². The number of hydrogen-bond donors (Lipinski definition) is 1. The lowest BCUT2D eigenvalue weighted by atomic mass is 10.1. The molecule has 0 radical (unpaired) electrons. The first kappa shape index (κ1) is 21.3. The van der Waals surface area contributed by atoms with Gasteiger partial charge < -0.3 is 15.0 Å². The smallest absolute Gasteiger partial charge is 0.242 e. The summed E-state index contributed by atoms with van der Waals surface area (Å²) < 4.78 is 33.2. The van der Waals surface area contributed by atoms with Gasteiger partial charge in [-0.15, -0.1) is 0 Å². The van der Waals surface area contributed by atoms with Crippen molar-refractivity contribution in [2.75, 3.05) is 40.8 Å². The van der Waals surface area contributed by atoms with E-state index in [1.807, 2.05) is 31.6 Å². The van der Waals surface area contributed by atoms with Crippen LogP contribution in [0.25, 0.3) is 0 Å². The number of aromatic nitrogens is 2. The quantitative estimate of drug-likeness (QED) is 0.569. The van der Waals surface area contributed by atoms with E-state index in [4.69, 9.17) is 4.74 Å². The van der Waals surface area contributed by atoms with Gasteiger partial charge in [0.25, 0.3) is 0 Å². The molecule has 1 aliphatic rings. The second kappa shape index (κ2) is 8.93. The second-order valence-corrected chi connectivity index (χ2v) is 9.24. The van der Waals surface area contributed by atoms with E-state index in [0.29, 0.717) is 19.7 Å². The standard InChI is InChI=1S/C19H28N6O3S/c1-20-19(25-9-10-28-18(14-25)16-12-22-24(4)13-16)21-11-15-5-7-17(8-6-15)29(26,27)23(2)3/h5-8,12-13,18H,9-11,14H2,1-4H3,(H,20,21). The van der Waals surface area contributed by atoms with Crippen LogP contribution in [-0.2, 0) is 28.4 Å². The number of morpholine rings is 1. The minimum Gasteiger partial charge on any atom is -0.370 e. The van der Waals surface area contributed by atoms with Crippen LogP contribution in [0.1, 0.15) is 17.2 Å². The van der Waals surface area contributed by atoms with Gasteiger partial charge in [-0.3, -0.25) is 9.67 Å². The Kier molecular flexibility index (Phi) is 6.56. The van der Waals surface area contributed by atoms with Gasteiger partial charge in [0.2, 0.25) is 10.0 Å². The molecule has 1 atom stereocenters. The highest BCUT2D eigenvalue weighted by Crippen LogP contribution is 2.21. The first-order chi connectivity index (χ1) is 13.8. The summed E-state index contributed by atoms with van der Waals surface area (Å²) in [7, 11) is 3.27. The first-order valence-electron chi connectivity index (χ1n) is 9.38. The lowest BCUT2D eigenvalue weighted by Crippen LogP contribution is -2.47. The van der Waals surface area contributed by atoms with Crippen LogP contribution in [0.3, 0.4) is 0 Å². The molecule has 9 nitrogen and oxygen atoms in total. The van der Waals surface area contributed by atoms with Crippen molar-refractivity contribution in [3.8, 4) is 0 Å². The van der Waals surface area contributed by atoms with Crippen molar-refractivity contribution >= 4 is 16.0 Å². The molecule has 1 saturated heterocycles. The topological polar surface area (TPSA) is 92.1 Å². The molecule has 29 heavy (non-hydrogen) atoms. The van der Waals surface area contributed by atoms with Crippen LogP contribution in [0, 0.1) is 0 Å². The Balaban J connectivity index is 1.62. The van der Waals surface area contributed by atoms with Crippen molar-refractivity contribution in [2.24, 2.45) is 12.0 Å². The number of sulfonamides is 1. The maximum atomic E-state index is 12.2. The summed E-state index contributed by atoms with van der Waals surface area (Å²) in [5.74, 6) is 0.784. The third-order valence-electron chi connectivity index (χ3n) is 4.83. The number of guanidine groups is 1. The third-order valence-corrected chi connectivity index (χ3v) is 6.66. The molecule has 1 fully saturated rings. The van der Waals surface area contributed by atoms with Gasteiger partial charge in [-0.2, -0.15) is 5.10 Å². The fourth-order valence-electron chi connectivity index (χ4n) is 3.15. The van der Waals surface area contributed by atoms with Gasteiger partial charge in [0.1, 0.15) is 6.10 Å². The van der Waals surface area contributed by atoms with Crippen LogP contribution in [0.15, 0.2) is 46.5 Å². The molecule has 0 amide bonds. The first-order valence-corrected chi connectivity index (χ1v) is 10.8. The number of benzene rings is 1. The zero-order valence-corrected chi connectivity index (χ0v) is 18.1. The molecule has 1 N–H and O–H groups in total. The van der Waals surface area contributed by atoms with Crippen molar-refractivity contribution in [2.45, 2.75) is 17.5 Å². The Morgan fingerprint density at radius 3 is 2.66 bits per heavy atom. The molecule has 0 spiro atoms. The molecule has 3 rings (SSSR count). The van der Waals surface area contributed by atoms with Crippen LogP contribution in [0.2, 0.25) is 0 Å². The SMILES string of the molecule is CN=C(NCc1ccc(S(=O)(=O)N(C)C)cc1)N1CCOC(c2cnn(C)c2)C1. The highest BCUT2D eigenvalue weighted by molar-refractivity contribution is 7.89. The molecule has 2 heterocycles.